The third kappa shape index (κ3) is 4.78. The number of thioether (sulfide) groups is 1. The zero-order valence-electron chi connectivity index (χ0n) is 12.3. The van der Waals surface area contributed by atoms with Crippen molar-refractivity contribution in [2.45, 2.75) is 11.5 Å². The Balaban J connectivity index is 1.86. The van der Waals surface area contributed by atoms with Gasteiger partial charge in [-0.25, -0.2) is 0 Å². The highest BCUT2D eigenvalue weighted by molar-refractivity contribution is 8.00. The van der Waals surface area contributed by atoms with Crippen LogP contribution in [0, 0.1) is 20.2 Å². The smallest absolute Gasteiger partial charge is 0.316 e. The molecule has 0 fully saturated rings. The number of carbonyl (C=O) groups is 1. The van der Waals surface area contributed by atoms with Crippen LogP contribution in [0.3, 0.4) is 0 Å². The van der Waals surface area contributed by atoms with Crippen molar-refractivity contribution in [1.82, 2.24) is 0 Å². The van der Waals surface area contributed by atoms with Gasteiger partial charge in [-0.3, -0.25) is 25.0 Å². The zero-order valence-corrected chi connectivity index (χ0v) is 13.1. The molecule has 0 aliphatic rings. The van der Waals surface area contributed by atoms with Crippen molar-refractivity contribution in [3.05, 3.63) is 74.3 Å². The fourth-order valence-corrected chi connectivity index (χ4v) is 2.51. The number of ether oxygens (including phenoxy) is 1. The normalized spacial score (nSPS) is 10.2. The van der Waals surface area contributed by atoms with Crippen molar-refractivity contribution in [1.29, 1.82) is 0 Å². The summed E-state index contributed by atoms with van der Waals surface area (Å²) >= 11 is 1.16. The molecular weight excluding hydrogens is 336 g/mol. The van der Waals surface area contributed by atoms with Crippen LogP contribution in [-0.4, -0.2) is 21.6 Å². The van der Waals surface area contributed by atoms with Gasteiger partial charge in [-0.2, -0.15) is 0 Å². The van der Waals surface area contributed by atoms with E-state index in [1.165, 1.54) is 42.5 Å². The van der Waals surface area contributed by atoms with E-state index in [0.717, 1.165) is 11.8 Å². The summed E-state index contributed by atoms with van der Waals surface area (Å²) in [5, 5.41) is 21.4. The second kappa shape index (κ2) is 8.06. The van der Waals surface area contributed by atoms with Gasteiger partial charge in [-0.1, -0.05) is 12.1 Å². The van der Waals surface area contributed by atoms with Crippen LogP contribution in [0.5, 0.6) is 0 Å². The second-order valence-corrected chi connectivity index (χ2v) is 5.63. The number of nitro groups is 2. The highest BCUT2D eigenvalue weighted by atomic mass is 32.2. The first-order chi connectivity index (χ1) is 11.5. The van der Waals surface area contributed by atoms with Crippen molar-refractivity contribution >= 4 is 29.1 Å². The molecule has 0 bridgehead atoms. The van der Waals surface area contributed by atoms with Gasteiger partial charge < -0.3 is 4.74 Å². The topological polar surface area (TPSA) is 113 Å². The Morgan fingerprint density at radius 2 is 1.67 bits per heavy atom. The number of nitrogens with zero attached hydrogens (tertiary/aromatic N) is 2. The van der Waals surface area contributed by atoms with Crippen LogP contribution in [0.1, 0.15) is 5.56 Å². The van der Waals surface area contributed by atoms with E-state index in [4.69, 9.17) is 4.74 Å². The lowest BCUT2D eigenvalue weighted by Crippen LogP contribution is -2.08. The minimum Gasteiger partial charge on any atom is -0.460 e. The number of carbonyl (C=O) groups excluding carboxylic acids is 1. The summed E-state index contributed by atoms with van der Waals surface area (Å²) in [7, 11) is 0. The van der Waals surface area contributed by atoms with Gasteiger partial charge in [-0.05, 0) is 18.2 Å². The molecule has 0 heterocycles. The Hall–Kier alpha value is -2.94. The summed E-state index contributed by atoms with van der Waals surface area (Å²) in [6.07, 6.45) is 0. The van der Waals surface area contributed by atoms with Gasteiger partial charge in [-0.15, -0.1) is 11.8 Å². The van der Waals surface area contributed by atoms with Crippen LogP contribution in [0.15, 0.2) is 53.4 Å². The SMILES string of the molecule is O=C(CSc1ccc([N+](=O)[O-])cc1)OCc1ccccc1[N+](=O)[O-]. The largest absolute Gasteiger partial charge is 0.460 e. The summed E-state index contributed by atoms with van der Waals surface area (Å²) in [4.78, 5) is 32.8. The van der Waals surface area contributed by atoms with E-state index in [9.17, 15) is 25.0 Å². The Morgan fingerprint density at radius 1 is 1.00 bits per heavy atom. The Labute approximate surface area is 140 Å². The minimum absolute atomic E-state index is 0.00155. The molecule has 0 aliphatic carbocycles. The fourth-order valence-electron chi connectivity index (χ4n) is 1.82. The van der Waals surface area contributed by atoms with Crippen molar-refractivity contribution < 1.29 is 19.4 Å². The number of nitro benzene ring substituents is 2. The van der Waals surface area contributed by atoms with E-state index < -0.39 is 15.8 Å². The van der Waals surface area contributed by atoms with Crippen LogP contribution in [0.2, 0.25) is 0 Å². The molecule has 9 heteroatoms. The van der Waals surface area contributed by atoms with Crippen molar-refractivity contribution in [2.24, 2.45) is 0 Å². The average Bonchev–Trinajstić information content (AvgIpc) is 2.58. The molecule has 0 aromatic heterocycles. The van der Waals surface area contributed by atoms with Crippen molar-refractivity contribution in [2.75, 3.05) is 5.75 Å². The third-order valence-electron chi connectivity index (χ3n) is 2.98. The van der Waals surface area contributed by atoms with Gasteiger partial charge >= 0.3 is 5.97 Å². The maximum atomic E-state index is 11.7. The lowest BCUT2D eigenvalue weighted by Gasteiger charge is -2.05. The van der Waals surface area contributed by atoms with E-state index in [1.807, 2.05) is 0 Å². The van der Waals surface area contributed by atoms with Crippen LogP contribution in [0.4, 0.5) is 11.4 Å². The molecule has 0 aliphatic heterocycles. The molecule has 0 saturated heterocycles. The molecule has 124 valence electrons. The highest BCUT2D eigenvalue weighted by Crippen LogP contribution is 2.22. The fraction of sp³-hybridized carbons (Fsp3) is 0.133. The standard InChI is InChI=1S/C15H12N2O6S/c18-15(10-24-13-7-5-12(6-8-13)16(19)20)23-9-11-3-1-2-4-14(11)17(21)22/h1-8H,9-10H2. The number of hydrogen-bond donors (Lipinski definition) is 0. The van der Waals surface area contributed by atoms with Gasteiger partial charge in [0.2, 0.25) is 0 Å². The minimum atomic E-state index is -0.533. The maximum absolute atomic E-state index is 11.7. The molecule has 0 spiro atoms. The van der Waals surface area contributed by atoms with E-state index >= 15 is 0 Å². The van der Waals surface area contributed by atoms with Crippen molar-refractivity contribution in [3.63, 3.8) is 0 Å². The van der Waals surface area contributed by atoms with Gasteiger partial charge in [0, 0.05) is 23.1 Å². The first kappa shape index (κ1) is 17.4. The molecule has 2 aromatic carbocycles. The van der Waals surface area contributed by atoms with Crippen LogP contribution in [-0.2, 0) is 16.1 Å². The number of rotatable bonds is 7. The third-order valence-corrected chi connectivity index (χ3v) is 3.97. The predicted octanol–water partition coefficient (Wildman–Crippen LogP) is 3.34. The first-order valence-corrected chi connectivity index (χ1v) is 7.71. The number of esters is 1. The van der Waals surface area contributed by atoms with Crippen LogP contribution in [0.25, 0.3) is 0 Å². The Bertz CT molecular complexity index is 763. The summed E-state index contributed by atoms with van der Waals surface area (Å²) in [5.41, 5.74) is 0.183. The predicted molar refractivity (Wildman–Crippen MR) is 86.7 cm³/mol. The van der Waals surface area contributed by atoms with Gasteiger partial charge in [0.25, 0.3) is 11.4 Å². The number of benzene rings is 2. The molecule has 0 radical (unpaired) electrons. The second-order valence-electron chi connectivity index (χ2n) is 4.59. The van der Waals surface area contributed by atoms with Crippen LogP contribution >= 0.6 is 11.8 Å². The van der Waals surface area contributed by atoms with Gasteiger partial charge in [0.15, 0.2) is 0 Å². The lowest BCUT2D eigenvalue weighted by atomic mass is 10.2. The summed E-state index contributed by atoms with van der Waals surface area (Å²) in [6.45, 7) is -0.184. The molecule has 2 rings (SSSR count). The summed E-state index contributed by atoms with van der Waals surface area (Å²) in [6, 6.07) is 11.8. The summed E-state index contributed by atoms with van der Waals surface area (Å²) in [5.74, 6) is -0.533. The van der Waals surface area contributed by atoms with E-state index in [1.54, 1.807) is 6.07 Å². The van der Waals surface area contributed by atoms with Crippen molar-refractivity contribution in [3.8, 4) is 0 Å². The molecule has 0 unspecified atom stereocenters. The van der Waals surface area contributed by atoms with E-state index in [0.29, 0.717) is 10.5 Å². The van der Waals surface area contributed by atoms with Crippen LogP contribution < -0.4 is 0 Å². The molecular formula is C15H12N2O6S. The number of non-ortho nitro benzene ring substituents is 1. The van der Waals surface area contributed by atoms with E-state index in [-0.39, 0.29) is 23.7 Å². The molecule has 24 heavy (non-hydrogen) atoms. The summed E-state index contributed by atoms with van der Waals surface area (Å²) < 4.78 is 5.03. The number of hydrogen-bond acceptors (Lipinski definition) is 7. The van der Waals surface area contributed by atoms with E-state index in [2.05, 4.69) is 0 Å². The molecule has 0 amide bonds. The Morgan fingerprint density at radius 3 is 2.29 bits per heavy atom. The van der Waals surface area contributed by atoms with Gasteiger partial charge in [0.1, 0.15) is 6.61 Å². The first-order valence-electron chi connectivity index (χ1n) is 6.72. The highest BCUT2D eigenvalue weighted by Gasteiger charge is 2.14. The molecule has 0 atom stereocenters. The lowest BCUT2D eigenvalue weighted by molar-refractivity contribution is -0.385. The average molecular weight is 348 g/mol. The molecule has 0 N–H and O–H groups in total. The molecule has 2 aromatic rings. The van der Waals surface area contributed by atoms with Gasteiger partial charge in [0.05, 0.1) is 21.2 Å². The molecule has 8 nitrogen and oxygen atoms in total. The number of para-hydroxylation sites is 1. The quantitative estimate of drug-likeness (QED) is 0.326. The Kier molecular flexibility index (Phi) is 5.85. The molecule has 0 saturated carbocycles. The zero-order chi connectivity index (χ0) is 17.5. The monoisotopic (exact) mass is 348 g/mol. The maximum Gasteiger partial charge on any atom is 0.316 e.